The van der Waals surface area contributed by atoms with Gasteiger partial charge in [0.05, 0.1) is 29.8 Å². The SMILES string of the molecule is Cn1ccc2nc(C(=O)N[C@H]3COCC[C@@H]3O)cc(Cc3ccc(Cl)nc3)c21. The number of carbonyl (C=O) groups is 1. The third-order valence-electron chi connectivity index (χ3n) is 4.96. The average Bonchev–Trinajstić information content (AvgIpc) is 3.06. The summed E-state index contributed by atoms with van der Waals surface area (Å²) in [6.45, 7) is 0.796. The summed E-state index contributed by atoms with van der Waals surface area (Å²) in [5, 5.41) is 13.4. The van der Waals surface area contributed by atoms with Crippen molar-refractivity contribution in [2.45, 2.75) is 25.0 Å². The first-order valence-corrected chi connectivity index (χ1v) is 9.51. The molecule has 0 radical (unpaired) electrons. The molecule has 0 aromatic carbocycles. The molecule has 1 saturated heterocycles. The quantitative estimate of drug-likeness (QED) is 0.654. The van der Waals surface area contributed by atoms with Crippen LogP contribution in [0.4, 0.5) is 0 Å². The second kappa shape index (κ2) is 7.87. The van der Waals surface area contributed by atoms with Gasteiger partial charge in [-0.05, 0) is 35.7 Å². The van der Waals surface area contributed by atoms with E-state index in [1.807, 2.05) is 29.9 Å². The van der Waals surface area contributed by atoms with E-state index in [9.17, 15) is 9.90 Å². The second-order valence-corrected chi connectivity index (χ2v) is 7.39. The topological polar surface area (TPSA) is 89.3 Å². The van der Waals surface area contributed by atoms with E-state index in [2.05, 4.69) is 15.3 Å². The van der Waals surface area contributed by atoms with Crippen LogP contribution in [-0.2, 0) is 18.2 Å². The third kappa shape index (κ3) is 3.87. The number of aliphatic hydroxyl groups is 1. The van der Waals surface area contributed by atoms with Crippen LogP contribution in [0, 0.1) is 0 Å². The molecule has 3 aromatic heterocycles. The Labute approximate surface area is 167 Å². The Morgan fingerprint density at radius 2 is 2.29 bits per heavy atom. The summed E-state index contributed by atoms with van der Waals surface area (Å²) in [6.07, 6.45) is 4.13. The lowest BCUT2D eigenvalue weighted by Crippen LogP contribution is -2.49. The molecule has 1 aliphatic heterocycles. The molecule has 0 unspecified atom stereocenters. The van der Waals surface area contributed by atoms with Crippen molar-refractivity contribution in [3.63, 3.8) is 0 Å². The molecule has 1 fully saturated rings. The Balaban J connectivity index is 1.65. The molecule has 4 heterocycles. The van der Waals surface area contributed by atoms with Gasteiger partial charge >= 0.3 is 0 Å². The number of pyridine rings is 2. The van der Waals surface area contributed by atoms with Crippen LogP contribution < -0.4 is 5.32 Å². The lowest BCUT2D eigenvalue weighted by molar-refractivity contribution is -0.0140. The Kier molecular flexibility index (Phi) is 5.30. The molecule has 0 saturated carbocycles. The molecular formula is C20H21ClN4O3. The third-order valence-corrected chi connectivity index (χ3v) is 5.18. The first-order valence-electron chi connectivity index (χ1n) is 9.13. The van der Waals surface area contributed by atoms with Crippen molar-refractivity contribution in [2.75, 3.05) is 13.2 Å². The fourth-order valence-corrected chi connectivity index (χ4v) is 3.59. The van der Waals surface area contributed by atoms with Crippen molar-refractivity contribution in [3.05, 3.63) is 58.6 Å². The molecule has 7 nitrogen and oxygen atoms in total. The fourth-order valence-electron chi connectivity index (χ4n) is 3.48. The van der Waals surface area contributed by atoms with Gasteiger partial charge in [0.2, 0.25) is 0 Å². The number of rotatable bonds is 4. The van der Waals surface area contributed by atoms with Crippen molar-refractivity contribution >= 4 is 28.5 Å². The van der Waals surface area contributed by atoms with E-state index in [1.54, 1.807) is 18.3 Å². The molecule has 2 N–H and O–H groups in total. The van der Waals surface area contributed by atoms with E-state index in [4.69, 9.17) is 16.3 Å². The molecular weight excluding hydrogens is 380 g/mol. The summed E-state index contributed by atoms with van der Waals surface area (Å²) in [5.41, 5.74) is 3.97. The Bertz CT molecular complexity index is 1000. The molecule has 1 aliphatic rings. The highest BCUT2D eigenvalue weighted by atomic mass is 35.5. The summed E-state index contributed by atoms with van der Waals surface area (Å²) in [6, 6.07) is 6.91. The summed E-state index contributed by atoms with van der Waals surface area (Å²) in [5.74, 6) is -0.323. The van der Waals surface area contributed by atoms with Crippen LogP contribution in [0.2, 0.25) is 5.15 Å². The Morgan fingerprint density at radius 3 is 3.04 bits per heavy atom. The fraction of sp³-hybridized carbons (Fsp3) is 0.350. The van der Waals surface area contributed by atoms with Crippen LogP contribution in [0.5, 0.6) is 0 Å². The average molecular weight is 401 g/mol. The number of aromatic nitrogens is 3. The van der Waals surface area contributed by atoms with Gasteiger partial charge in [0, 0.05) is 32.5 Å². The van der Waals surface area contributed by atoms with Crippen molar-refractivity contribution in [1.82, 2.24) is 19.9 Å². The number of ether oxygens (including phenoxy) is 1. The van der Waals surface area contributed by atoms with E-state index in [0.29, 0.717) is 36.9 Å². The van der Waals surface area contributed by atoms with E-state index < -0.39 is 12.1 Å². The summed E-state index contributed by atoms with van der Waals surface area (Å²) >= 11 is 5.88. The van der Waals surface area contributed by atoms with Crippen LogP contribution in [-0.4, -0.2) is 50.9 Å². The molecule has 0 bridgehead atoms. The Hall–Kier alpha value is -2.48. The van der Waals surface area contributed by atoms with Crippen LogP contribution in [0.3, 0.4) is 0 Å². The summed E-state index contributed by atoms with van der Waals surface area (Å²) in [4.78, 5) is 21.4. The monoisotopic (exact) mass is 400 g/mol. The van der Waals surface area contributed by atoms with Gasteiger partial charge < -0.3 is 19.7 Å². The zero-order chi connectivity index (χ0) is 19.7. The van der Waals surface area contributed by atoms with Gasteiger partial charge in [-0.15, -0.1) is 0 Å². The zero-order valence-corrected chi connectivity index (χ0v) is 16.2. The number of nitrogens with one attached hydrogen (secondary N) is 1. The van der Waals surface area contributed by atoms with Crippen molar-refractivity contribution in [1.29, 1.82) is 0 Å². The first-order chi connectivity index (χ1) is 13.5. The van der Waals surface area contributed by atoms with Crippen molar-refractivity contribution < 1.29 is 14.6 Å². The molecule has 8 heteroatoms. The van der Waals surface area contributed by atoms with Gasteiger partial charge in [-0.25, -0.2) is 9.97 Å². The number of hydrogen-bond acceptors (Lipinski definition) is 5. The minimum Gasteiger partial charge on any atom is -0.391 e. The number of carbonyl (C=O) groups excluding carboxylic acids is 1. The van der Waals surface area contributed by atoms with Crippen LogP contribution in [0.15, 0.2) is 36.7 Å². The minimum absolute atomic E-state index is 0.295. The Morgan fingerprint density at radius 1 is 1.43 bits per heavy atom. The zero-order valence-electron chi connectivity index (χ0n) is 15.4. The highest BCUT2D eigenvalue weighted by molar-refractivity contribution is 6.29. The smallest absolute Gasteiger partial charge is 0.270 e. The molecule has 2 atom stereocenters. The summed E-state index contributed by atoms with van der Waals surface area (Å²) in [7, 11) is 1.95. The molecule has 0 aliphatic carbocycles. The maximum absolute atomic E-state index is 12.8. The van der Waals surface area contributed by atoms with Crippen LogP contribution >= 0.6 is 11.6 Å². The van der Waals surface area contributed by atoms with E-state index in [1.165, 1.54) is 0 Å². The maximum Gasteiger partial charge on any atom is 0.270 e. The minimum atomic E-state index is -0.613. The van der Waals surface area contributed by atoms with Gasteiger partial charge in [0.25, 0.3) is 5.91 Å². The van der Waals surface area contributed by atoms with Gasteiger partial charge in [0.15, 0.2) is 0 Å². The van der Waals surface area contributed by atoms with Gasteiger partial charge in [-0.3, -0.25) is 4.79 Å². The number of aryl methyl sites for hydroxylation is 1. The molecule has 146 valence electrons. The highest BCUT2D eigenvalue weighted by Gasteiger charge is 2.26. The largest absolute Gasteiger partial charge is 0.391 e. The van der Waals surface area contributed by atoms with E-state index in [0.717, 1.165) is 22.2 Å². The lowest BCUT2D eigenvalue weighted by atomic mass is 10.0. The molecule has 4 rings (SSSR count). The predicted octanol–water partition coefficient (Wildman–Crippen LogP) is 2.09. The number of nitrogens with zero attached hydrogens (tertiary/aromatic N) is 3. The van der Waals surface area contributed by atoms with Crippen LogP contribution in [0.25, 0.3) is 11.0 Å². The van der Waals surface area contributed by atoms with Crippen molar-refractivity contribution in [3.8, 4) is 0 Å². The van der Waals surface area contributed by atoms with Gasteiger partial charge in [-0.1, -0.05) is 17.7 Å². The van der Waals surface area contributed by atoms with E-state index in [-0.39, 0.29) is 5.91 Å². The second-order valence-electron chi connectivity index (χ2n) is 7.00. The number of aliphatic hydroxyl groups excluding tert-OH is 1. The number of halogens is 1. The van der Waals surface area contributed by atoms with Crippen LogP contribution in [0.1, 0.15) is 28.0 Å². The normalized spacial score (nSPS) is 19.7. The standard InChI is InChI=1S/C20H21ClN4O3/c1-25-6-4-14-19(25)13(8-12-2-3-18(21)22-10-12)9-15(23-14)20(27)24-16-11-28-7-5-17(16)26/h2-4,6,9-10,16-17,26H,5,7-8,11H2,1H3,(H,24,27)/t16-,17-/m0/s1. The number of fused-ring (bicyclic) bond motifs is 1. The lowest BCUT2D eigenvalue weighted by Gasteiger charge is -2.28. The number of amides is 1. The summed E-state index contributed by atoms with van der Waals surface area (Å²) < 4.78 is 7.35. The highest BCUT2D eigenvalue weighted by Crippen LogP contribution is 2.23. The predicted molar refractivity (Wildman–Crippen MR) is 105 cm³/mol. The first kappa shape index (κ1) is 18.9. The number of hydrogen-bond donors (Lipinski definition) is 2. The molecule has 0 spiro atoms. The molecule has 3 aromatic rings. The maximum atomic E-state index is 12.8. The molecule has 28 heavy (non-hydrogen) atoms. The van der Waals surface area contributed by atoms with Gasteiger partial charge in [-0.2, -0.15) is 0 Å². The molecule has 1 amide bonds. The van der Waals surface area contributed by atoms with Crippen molar-refractivity contribution in [2.24, 2.45) is 7.05 Å². The van der Waals surface area contributed by atoms with E-state index >= 15 is 0 Å². The van der Waals surface area contributed by atoms with Gasteiger partial charge in [0.1, 0.15) is 10.8 Å².